The van der Waals surface area contributed by atoms with E-state index in [1.54, 1.807) is 7.11 Å². The molecule has 0 unspecified atom stereocenters. The molecule has 2 atom stereocenters. The van der Waals surface area contributed by atoms with Gasteiger partial charge < -0.3 is 15.0 Å². The molecule has 2 aliphatic rings. The number of aryl methyl sites for hydroxylation is 2. The minimum Gasteiger partial charge on any atom is -0.497 e. The van der Waals surface area contributed by atoms with Crippen LogP contribution >= 0.6 is 0 Å². The number of hydrogen-bond acceptors (Lipinski definition) is 4. The van der Waals surface area contributed by atoms with Gasteiger partial charge in [-0.1, -0.05) is 6.07 Å². The number of ether oxygens (including phenoxy) is 1. The maximum Gasteiger partial charge on any atom is 0.119 e. The van der Waals surface area contributed by atoms with E-state index in [0.717, 1.165) is 31.7 Å². The fourth-order valence-corrected chi connectivity index (χ4v) is 4.26. The number of fused-ring (bicyclic) bond motifs is 1. The van der Waals surface area contributed by atoms with Crippen LogP contribution in [-0.4, -0.2) is 42.1 Å². The molecule has 0 radical (unpaired) electrons. The van der Waals surface area contributed by atoms with Crippen LogP contribution < -0.4 is 15.0 Å². The normalized spacial score (nSPS) is 23.4. The van der Waals surface area contributed by atoms with Gasteiger partial charge in [-0.15, -0.1) is 0 Å². The van der Waals surface area contributed by atoms with E-state index in [2.05, 4.69) is 39.7 Å². The smallest absolute Gasteiger partial charge is 0.119 e. The van der Waals surface area contributed by atoms with E-state index in [0.29, 0.717) is 12.1 Å². The summed E-state index contributed by atoms with van der Waals surface area (Å²) in [7, 11) is 3.73. The maximum absolute atomic E-state index is 5.40. The summed E-state index contributed by atoms with van der Waals surface area (Å²) in [6, 6.07) is 7.66. The number of aromatic nitrogens is 2. The van der Waals surface area contributed by atoms with E-state index in [9.17, 15) is 0 Å². The lowest BCUT2D eigenvalue weighted by atomic mass is 9.87. The molecule has 5 heteroatoms. The van der Waals surface area contributed by atoms with Crippen molar-refractivity contribution in [2.75, 3.05) is 25.1 Å². The molecule has 1 aliphatic heterocycles. The Hall–Kier alpha value is -2.01. The Labute approximate surface area is 150 Å². The average molecular weight is 340 g/mol. The molecule has 1 saturated heterocycles. The number of anilines is 1. The number of rotatable bonds is 4. The third-order valence-corrected chi connectivity index (χ3v) is 5.59. The van der Waals surface area contributed by atoms with E-state index < -0.39 is 0 Å². The number of piperidine rings is 1. The van der Waals surface area contributed by atoms with Gasteiger partial charge in [0.05, 0.1) is 19.0 Å². The van der Waals surface area contributed by atoms with Crippen molar-refractivity contribution in [1.29, 1.82) is 0 Å². The van der Waals surface area contributed by atoms with Crippen LogP contribution in [0.2, 0.25) is 0 Å². The van der Waals surface area contributed by atoms with Crippen LogP contribution in [0.4, 0.5) is 5.69 Å². The first-order chi connectivity index (χ1) is 12.2. The molecular weight excluding hydrogens is 312 g/mol. The minimum absolute atomic E-state index is 0.561. The van der Waals surface area contributed by atoms with Gasteiger partial charge in [-0.25, -0.2) is 0 Å². The van der Waals surface area contributed by atoms with Crippen LogP contribution in [0.25, 0.3) is 0 Å². The Morgan fingerprint density at radius 1 is 1.20 bits per heavy atom. The van der Waals surface area contributed by atoms with E-state index in [1.807, 2.05) is 17.9 Å². The Morgan fingerprint density at radius 2 is 2.12 bits per heavy atom. The molecule has 2 heterocycles. The highest BCUT2D eigenvalue weighted by molar-refractivity contribution is 5.43. The van der Waals surface area contributed by atoms with Crippen molar-refractivity contribution in [3.05, 3.63) is 41.7 Å². The van der Waals surface area contributed by atoms with Gasteiger partial charge in [0, 0.05) is 38.4 Å². The second-order valence-electron chi connectivity index (χ2n) is 7.40. The van der Waals surface area contributed by atoms with Crippen LogP contribution in [0.1, 0.15) is 30.4 Å². The molecule has 2 aromatic rings. The molecule has 0 amide bonds. The Kier molecular flexibility index (Phi) is 4.66. The summed E-state index contributed by atoms with van der Waals surface area (Å²) in [5.74, 6) is 0.972. The van der Waals surface area contributed by atoms with Gasteiger partial charge in [-0.3, -0.25) is 4.68 Å². The lowest BCUT2D eigenvalue weighted by Crippen LogP contribution is -2.50. The summed E-state index contributed by atoms with van der Waals surface area (Å²) in [6.07, 6.45) is 10.1. The summed E-state index contributed by atoms with van der Waals surface area (Å²) in [4.78, 5) is 2.47. The van der Waals surface area contributed by atoms with E-state index in [1.165, 1.54) is 36.1 Å². The van der Waals surface area contributed by atoms with Crippen molar-refractivity contribution in [3.63, 3.8) is 0 Å². The highest BCUT2D eigenvalue weighted by Crippen LogP contribution is 2.27. The molecule has 0 saturated carbocycles. The average Bonchev–Trinajstić information content (AvgIpc) is 3.08. The Balaban J connectivity index is 1.38. The SMILES string of the molecule is COc1ccc2c(c1)C[C@@H](N[C@@H]1CCCN(c3cnn(C)c3)C1)CC2. The summed E-state index contributed by atoms with van der Waals surface area (Å²) >= 11 is 0. The van der Waals surface area contributed by atoms with Crippen LogP contribution in [0.3, 0.4) is 0 Å². The summed E-state index contributed by atoms with van der Waals surface area (Å²) in [6.45, 7) is 2.21. The lowest BCUT2D eigenvalue weighted by molar-refractivity contribution is 0.351. The van der Waals surface area contributed by atoms with Gasteiger partial charge in [0.15, 0.2) is 0 Å². The lowest BCUT2D eigenvalue weighted by Gasteiger charge is -2.37. The molecule has 0 bridgehead atoms. The Bertz CT molecular complexity index is 726. The molecule has 1 fully saturated rings. The third kappa shape index (κ3) is 3.66. The van der Waals surface area contributed by atoms with Crippen molar-refractivity contribution < 1.29 is 4.74 Å². The quantitative estimate of drug-likeness (QED) is 0.929. The molecule has 25 heavy (non-hydrogen) atoms. The molecule has 1 aromatic heterocycles. The van der Waals surface area contributed by atoms with Crippen molar-refractivity contribution in [2.45, 2.75) is 44.2 Å². The number of hydrogen-bond donors (Lipinski definition) is 1. The number of benzene rings is 1. The maximum atomic E-state index is 5.40. The Morgan fingerprint density at radius 3 is 2.92 bits per heavy atom. The zero-order chi connectivity index (χ0) is 17.2. The van der Waals surface area contributed by atoms with Crippen LogP contribution in [0.5, 0.6) is 5.75 Å². The van der Waals surface area contributed by atoms with Gasteiger partial charge in [-0.05, 0) is 55.4 Å². The second kappa shape index (κ2) is 7.08. The van der Waals surface area contributed by atoms with Crippen LogP contribution in [-0.2, 0) is 19.9 Å². The molecule has 0 spiro atoms. The minimum atomic E-state index is 0.561. The van der Waals surface area contributed by atoms with E-state index in [4.69, 9.17) is 4.74 Å². The molecule has 1 aliphatic carbocycles. The summed E-state index contributed by atoms with van der Waals surface area (Å²) in [5.41, 5.74) is 4.18. The second-order valence-corrected chi connectivity index (χ2v) is 7.40. The first kappa shape index (κ1) is 16.5. The molecule has 5 nitrogen and oxygen atoms in total. The van der Waals surface area contributed by atoms with Gasteiger partial charge in [0.25, 0.3) is 0 Å². The summed E-state index contributed by atoms with van der Waals surface area (Å²) in [5, 5.41) is 8.25. The standard InChI is InChI=1S/C20H28N4O/c1-23-14-19(12-21-23)24-9-3-4-18(13-24)22-17-7-5-15-6-8-20(25-2)11-16(15)10-17/h6,8,11-12,14,17-18,22H,3-5,7,9-10,13H2,1-2H3/t17-,18+/m0/s1. The van der Waals surface area contributed by atoms with Gasteiger partial charge >= 0.3 is 0 Å². The number of nitrogens with zero attached hydrogens (tertiary/aromatic N) is 3. The highest BCUT2D eigenvalue weighted by Gasteiger charge is 2.25. The largest absolute Gasteiger partial charge is 0.497 e. The molecular formula is C20H28N4O. The van der Waals surface area contributed by atoms with Gasteiger partial charge in [0.2, 0.25) is 0 Å². The van der Waals surface area contributed by atoms with Gasteiger partial charge in [0.1, 0.15) is 5.75 Å². The zero-order valence-corrected chi connectivity index (χ0v) is 15.2. The molecule has 134 valence electrons. The molecule has 1 aromatic carbocycles. The van der Waals surface area contributed by atoms with Crippen LogP contribution in [0.15, 0.2) is 30.6 Å². The van der Waals surface area contributed by atoms with Gasteiger partial charge in [-0.2, -0.15) is 5.10 Å². The van der Waals surface area contributed by atoms with Crippen molar-refractivity contribution in [3.8, 4) is 5.75 Å². The predicted octanol–water partition coefficient (Wildman–Crippen LogP) is 2.54. The topological polar surface area (TPSA) is 42.3 Å². The zero-order valence-electron chi connectivity index (χ0n) is 15.2. The predicted molar refractivity (Wildman–Crippen MR) is 100 cm³/mol. The van der Waals surface area contributed by atoms with Crippen molar-refractivity contribution in [2.24, 2.45) is 7.05 Å². The van der Waals surface area contributed by atoms with Crippen molar-refractivity contribution >= 4 is 5.69 Å². The number of methoxy groups -OCH3 is 1. The first-order valence-corrected chi connectivity index (χ1v) is 9.36. The number of nitrogens with one attached hydrogen (secondary N) is 1. The highest BCUT2D eigenvalue weighted by atomic mass is 16.5. The van der Waals surface area contributed by atoms with E-state index >= 15 is 0 Å². The monoisotopic (exact) mass is 340 g/mol. The molecule has 1 N–H and O–H groups in total. The first-order valence-electron chi connectivity index (χ1n) is 9.36. The third-order valence-electron chi connectivity index (χ3n) is 5.59. The molecule has 4 rings (SSSR count). The van der Waals surface area contributed by atoms with Crippen molar-refractivity contribution in [1.82, 2.24) is 15.1 Å². The van der Waals surface area contributed by atoms with Crippen LogP contribution in [0, 0.1) is 0 Å². The van der Waals surface area contributed by atoms with E-state index in [-0.39, 0.29) is 0 Å². The summed E-state index contributed by atoms with van der Waals surface area (Å²) < 4.78 is 7.28. The fraction of sp³-hybridized carbons (Fsp3) is 0.550. The fourth-order valence-electron chi connectivity index (χ4n) is 4.26.